The largest absolute Gasteiger partial charge is 0.462 e. The molecule has 5 heteroatoms. The van der Waals surface area contributed by atoms with Gasteiger partial charge in [0.25, 0.3) is 0 Å². The normalized spacial score (nSPS) is 28.8. The zero-order valence-corrected chi connectivity index (χ0v) is 16.7. The SMILES string of the molecule is CCCCC[C@](C)(O)C=C[C@@H]1[C@H]2CC(=O)O[C@H]2C[C@H]1OC(=O)c1ccccc1. The number of rotatable bonds is 8. The topological polar surface area (TPSA) is 72.8 Å². The number of hydrogen-bond acceptors (Lipinski definition) is 5. The maximum atomic E-state index is 12.5. The van der Waals surface area contributed by atoms with Crippen molar-refractivity contribution in [3.8, 4) is 0 Å². The highest BCUT2D eigenvalue weighted by molar-refractivity contribution is 5.89. The molecule has 28 heavy (non-hydrogen) atoms. The average Bonchev–Trinajstić information content (AvgIpc) is 3.16. The molecule has 2 aliphatic rings. The van der Waals surface area contributed by atoms with Gasteiger partial charge in [0.1, 0.15) is 12.2 Å². The molecule has 1 heterocycles. The maximum Gasteiger partial charge on any atom is 0.338 e. The van der Waals surface area contributed by atoms with Crippen molar-refractivity contribution in [3.63, 3.8) is 0 Å². The van der Waals surface area contributed by atoms with Gasteiger partial charge in [-0.05, 0) is 25.5 Å². The fourth-order valence-corrected chi connectivity index (χ4v) is 4.20. The number of carbonyl (C=O) groups is 2. The second kappa shape index (κ2) is 8.91. The minimum Gasteiger partial charge on any atom is -0.462 e. The fourth-order valence-electron chi connectivity index (χ4n) is 4.20. The van der Waals surface area contributed by atoms with Gasteiger partial charge in [-0.15, -0.1) is 0 Å². The molecule has 1 saturated carbocycles. The Kier molecular flexibility index (Phi) is 6.55. The van der Waals surface area contributed by atoms with E-state index in [0.717, 1.165) is 19.3 Å². The van der Waals surface area contributed by atoms with E-state index in [1.165, 1.54) is 0 Å². The quantitative estimate of drug-likeness (QED) is 0.414. The first-order valence-corrected chi connectivity index (χ1v) is 10.3. The molecule has 1 aliphatic heterocycles. The first-order valence-electron chi connectivity index (χ1n) is 10.3. The molecular weight excluding hydrogens is 356 g/mol. The highest BCUT2D eigenvalue weighted by Crippen LogP contribution is 2.44. The first kappa shape index (κ1) is 20.6. The van der Waals surface area contributed by atoms with Crippen molar-refractivity contribution in [1.29, 1.82) is 0 Å². The molecule has 1 aromatic carbocycles. The van der Waals surface area contributed by atoms with Crippen LogP contribution in [0.3, 0.4) is 0 Å². The van der Waals surface area contributed by atoms with Crippen LogP contribution in [0.15, 0.2) is 42.5 Å². The monoisotopic (exact) mass is 386 g/mol. The summed E-state index contributed by atoms with van der Waals surface area (Å²) in [5.41, 5.74) is -0.407. The summed E-state index contributed by atoms with van der Waals surface area (Å²) in [5, 5.41) is 10.6. The Balaban J connectivity index is 1.71. The molecule has 0 unspecified atom stereocenters. The summed E-state index contributed by atoms with van der Waals surface area (Å²) in [5.74, 6) is -0.716. The maximum absolute atomic E-state index is 12.5. The first-order chi connectivity index (χ1) is 13.4. The third kappa shape index (κ3) is 5.02. The molecule has 0 aromatic heterocycles. The Bertz CT molecular complexity index is 709. The lowest BCUT2D eigenvalue weighted by Crippen LogP contribution is -2.26. The standard InChI is InChI=1S/C23H30O5/c1-3-4-8-12-23(2,26)13-11-17-18-14-21(24)27-20(18)15-19(17)28-22(25)16-9-6-5-7-10-16/h5-7,9-11,13,17-20,26H,3-4,8,12,14-15H2,1-2H3/t17-,18-,19-,20+,23+/m1/s1. The third-order valence-electron chi connectivity index (χ3n) is 5.78. The summed E-state index contributed by atoms with van der Waals surface area (Å²) in [6.45, 7) is 3.93. The van der Waals surface area contributed by atoms with Crippen LogP contribution in [-0.4, -0.2) is 34.9 Å². The van der Waals surface area contributed by atoms with Gasteiger partial charge in [0.2, 0.25) is 0 Å². The lowest BCUT2D eigenvalue weighted by Gasteiger charge is -2.23. The second-order valence-corrected chi connectivity index (χ2v) is 8.19. The highest BCUT2D eigenvalue weighted by Gasteiger charge is 2.50. The van der Waals surface area contributed by atoms with Crippen LogP contribution in [0.4, 0.5) is 0 Å². The van der Waals surface area contributed by atoms with Gasteiger partial charge in [0.15, 0.2) is 0 Å². The van der Waals surface area contributed by atoms with Crippen molar-refractivity contribution < 1.29 is 24.2 Å². The molecule has 152 valence electrons. The summed E-state index contributed by atoms with van der Waals surface area (Å²) in [6.07, 6.45) is 7.81. The van der Waals surface area contributed by atoms with Gasteiger partial charge in [-0.2, -0.15) is 0 Å². The molecule has 3 rings (SSSR count). The van der Waals surface area contributed by atoms with Gasteiger partial charge >= 0.3 is 11.9 Å². The van der Waals surface area contributed by atoms with Gasteiger partial charge in [-0.3, -0.25) is 4.79 Å². The zero-order chi connectivity index (χ0) is 20.1. The predicted octanol–water partition coefficient (Wildman–Crippen LogP) is 4.05. The summed E-state index contributed by atoms with van der Waals surface area (Å²) in [4.78, 5) is 24.2. The van der Waals surface area contributed by atoms with E-state index in [2.05, 4.69) is 6.92 Å². The molecule has 5 nitrogen and oxygen atoms in total. The molecule has 0 radical (unpaired) electrons. The van der Waals surface area contributed by atoms with Crippen LogP contribution < -0.4 is 0 Å². The van der Waals surface area contributed by atoms with Crippen LogP contribution in [-0.2, 0) is 14.3 Å². The van der Waals surface area contributed by atoms with Crippen LogP contribution >= 0.6 is 0 Å². The van der Waals surface area contributed by atoms with Gasteiger partial charge in [-0.1, -0.05) is 56.5 Å². The molecule has 0 spiro atoms. The van der Waals surface area contributed by atoms with E-state index in [4.69, 9.17) is 9.47 Å². The summed E-state index contributed by atoms with van der Waals surface area (Å²) < 4.78 is 11.2. The summed E-state index contributed by atoms with van der Waals surface area (Å²) in [7, 11) is 0. The van der Waals surface area contributed by atoms with Crippen molar-refractivity contribution in [3.05, 3.63) is 48.0 Å². The Morgan fingerprint density at radius 1 is 1.32 bits per heavy atom. The molecule has 2 fully saturated rings. The number of unbranched alkanes of at least 4 members (excludes halogenated alkanes) is 2. The minimum absolute atomic E-state index is 0.0104. The molecular formula is C23H30O5. The van der Waals surface area contributed by atoms with Crippen LogP contribution in [0.1, 0.15) is 62.7 Å². The number of ether oxygens (including phenoxy) is 2. The van der Waals surface area contributed by atoms with Crippen molar-refractivity contribution in [1.82, 2.24) is 0 Å². The lowest BCUT2D eigenvalue weighted by molar-refractivity contribution is -0.141. The third-order valence-corrected chi connectivity index (χ3v) is 5.78. The number of hydrogen-bond donors (Lipinski definition) is 1. The van der Waals surface area contributed by atoms with Crippen LogP contribution in [0.2, 0.25) is 0 Å². The van der Waals surface area contributed by atoms with Crippen LogP contribution in [0, 0.1) is 11.8 Å². The van der Waals surface area contributed by atoms with E-state index in [0.29, 0.717) is 24.8 Å². The number of esters is 2. The Hall–Kier alpha value is -2.14. The molecule has 1 N–H and O–H groups in total. The zero-order valence-electron chi connectivity index (χ0n) is 16.7. The van der Waals surface area contributed by atoms with Gasteiger partial charge in [0.05, 0.1) is 17.6 Å². The van der Waals surface area contributed by atoms with Crippen LogP contribution in [0.5, 0.6) is 0 Å². The summed E-state index contributed by atoms with van der Waals surface area (Å²) >= 11 is 0. The van der Waals surface area contributed by atoms with Crippen molar-refractivity contribution in [2.45, 2.75) is 70.2 Å². The van der Waals surface area contributed by atoms with E-state index in [9.17, 15) is 14.7 Å². The van der Waals surface area contributed by atoms with E-state index in [-0.39, 0.29) is 36.0 Å². The van der Waals surface area contributed by atoms with Crippen LogP contribution in [0.25, 0.3) is 0 Å². The number of aliphatic hydroxyl groups is 1. The number of benzene rings is 1. The smallest absolute Gasteiger partial charge is 0.338 e. The van der Waals surface area contributed by atoms with Gasteiger partial charge in [-0.25, -0.2) is 4.79 Å². The minimum atomic E-state index is -0.912. The van der Waals surface area contributed by atoms with E-state index in [1.807, 2.05) is 18.2 Å². The molecule has 5 atom stereocenters. The predicted molar refractivity (Wildman–Crippen MR) is 106 cm³/mol. The summed E-state index contributed by atoms with van der Waals surface area (Å²) in [6, 6.07) is 8.89. The Labute approximate surface area is 166 Å². The van der Waals surface area contributed by atoms with Crippen molar-refractivity contribution >= 4 is 11.9 Å². The van der Waals surface area contributed by atoms with Gasteiger partial charge in [0, 0.05) is 18.3 Å². The average molecular weight is 386 g/mol. The molecule has 1 saturated heterocycles. The molecule has 1 aliphatic carbocycles. The Morgan fingerprint density at radius 3 is 2.79 bits per heavy atom. The second-order valence-electron chi connectivity index (χ2n) is 8.19. The van der Waals surface area contributed by atoms with E-state index < -0.39 is 5.60 Å². The van der Waals surface area contributed by atoms with Crippen molar-refractivity contribution in [2.24, 2.45) is 11.8 Å². The Morgan fingerprint density at radius 2 is 2.07 bits per heavy atom. The molecule has 0 bridgehead atoms. The van der Waals surface area contributed by atoms with Crippen molar-refractivity contribution in [2.75, 3.05) is 0 Å². The molecule has 1 aromatic rings. The lowest BCUT2D eigenvalue weighted by atomic mass is 9.89. The number of carbonyl (C=O) groups excluding carboxylic acids is 2. The van der Waals surface area contributed by atoms with Gasteiger partial charge < -0.3 is 14.6 Å². The number of fused-ring (bicyclic) bond motifs is 1. The fraction of sp³-hybridized carbons (Fsp3) is 0.565. The highest BCUT2D eigenvalue weighted by atomic mass is 16.6. The molecule has 0 amide bonds. The van der Waals surface area contributed by atoms with E-state index in [1.54, 1.807) is 31.2 Å². The van der Waals surface area contributed by atoms with E-state index >= 15 is 0 Å².